The number of fused-ring (bicyclic) bond motifs is 1. The quantitative estimate of drug-likeness (QED) is 0.460. The fraction of sp³-hybridized carbons (Fsp3) is 0.263. The van der Waals surface area contributed by atoms with Crippen LogP contribution in [0.1, 0.15) is 11.6 Å². The van der Waals surface area contributed by atoms with Crippen LogP contribution in [0.3, 0.4) is 0 Å². The summed E-state index contributed by atoms with van der Waals surface area (Å²) in [6.07, 6.45) is -2.09. The smallest absolute Gasteiger partial charge is 0.418 e. The molecular formula is C19H16F4N4O2S. The third-order valence-corrected chi connectivity index (χ3v) is 5.59. The topological polar surface area (TPSA) is 59.4 Å². The summed E-state index contributed by atoms with van der Waals surface area (Å²) in [5, 5.41) is -0.448. The van der Waals surface area contributed by atoms with Crippen molar-refractivity contribution in [3.8, 4) is 5.88 Å². The van der Waals surface area contributed by atoms with Gasteiger partial charge in [0.1, 0.15) is 5.82 Å². The third-order valence-electron chi connectivity index (χ3n) is 4.82. The molecule has 2 aromatic heterocycles. The number of carbonyl (C=O) groups excluding carboxylic acids is 1. The number of alkyl halides is 3. The number of benzene rings is 1. The highest BCUT2D eigenvalue weighted by molar-refractivity contribution is 8.14. The molecular weight excluding hydrogens is 424 g/mol. The second-order valence-corrected chi connectivity index (χ2v) is 7.48. The molecule has 0 aliphatic carbocycles. The maximum Gasteiger partial charge on any atom is 0.418 e. The Balaban J connectivity index is 1.42. The molecule has 4 rings (SSSR count). The van der Waals surface area contributed by atoms with Crippen LogP contribution in [0.2, 0.25) is 0 Å². The van der Waals surface area contributed by atoms with Crippen molar-refractivity contribution >= 4 is 33.8 Å². The molecule has 0 unspecified atom stereocenters. The molecule has 30 heavy (non-hydrogen) atoms. The number of pyridine rings is 1. The first-order valence-electron chi connectivity index (χ1n) is 8.85. The van der Waals surface area contributed by atoms with Crippen molar-refractivity contribution in [2.45, 2.75) is 12.2 Å². The van der Waals surface area contributed by atoms with Gasteiger partial charge in [-0.15, -0.1) is 0 Å². The summed E-state index contributed by atoms with van der Waals surface area (Å²) in [4.78, 5) is 17.8. The van der Waals surface area contributed by atoms with E-state index in [0.717, 1.165) is 30.3 Å². The summed E-state index contributed by atoms with van der Waals surface area (Å²) in [6.45, 7) is 0.514. The van der Waals surface area contributed by atoms with Crippen molar-refractivity contribution in [1.82, 2.24) is 14.5 Å². The summed E-state index contributed by atoms with van der Waals surface area (Å²) in [6, 6.07) is 6.38. The first-order chi connectivity index (χ1) is 14.3. The zero-order valence-electron chi connectivity index (χ0n) is 15.6. The highest BCUT2D eigenvalue weighted by atomic mass is 32.2. The van der Waals surface area contributed by atoms with Gasteiger partial charge in [0.05, 0.1) is 30.6 Å². The van der Waals surface area contributed by atoms with Gasteiger partial charge in [0.15, 0.2) is 0 Å². The van der Waals surface area contributed by atoms with Crippen molar-refractivity contribution in [2.24, 2.45) is 0 Å². The van der Waals surface area contributed by atoms with Crippen LogP contribution < -0.4 is 9.46 Å². The maximum absolute atomic E-state index is 13.5. The number of anilines is 1. The minimum absolute atomic E-state index is 0.185. The van der Waals surface area contributed by atoms with Gasteiger partial charge in [-0.05, 0) is 24.3 Å². The molecule has 1 aliphatic heterocycles. The number of nitrogens with one attached hydrogen (secondary N) is 1. The van der Waals surface area contributed by atoms with Crippen LogP contribution >= 0.6 is 11.9 Å². The summed E-state index contributed by atoms with van der Waals surface area (Å²) < 4.78 is 62.8. The van der Waals surface area contributed by atoms with Crippen LogP contribution in [0.25, 0.3) is 10.9 Å². The highest BCUT2D eigenvalue weighted by Crippen LogP contribution is 2.39. The predicted octanol–water partition coefficient (Wildman–Crippen LogP) is 4.94. The standard InChI is InChI=1S/C19H16F4N4O2S/c1-29-17-5-3-12(7-24-17)25-30-18(28)26-8-13(9-26)27-10-15(19(21,22)23)14-6-11(20)2-4-16(14)27/h2-7,10,13,25H,8-9H2,1H3. The molecule has 0 radical (unpaired) electrons. The molecule has 11 heteroatoms. The summed E-state index contributed by atoms with van der Waals surface area (Å²) >= 11 is 0.857. The van der Waals surface area contributed by atoms with E-state index in [1.54, 1.807) is 12.1 Å². The molecule has 1 N–H and O–H groups in total. The van der Waals surface area contributed by atoms with Gasteiger partial charge >= 0.3 is 11.4 Å². The number of aromatic nitrogens is 2. The fourth-order valence-corrected chi connectivity index (χ4v) is 3.87. The second kappa shape index (κ2) is 7.71. The SMILES string of the molecule is COc1ccc(NSC(=O)N2CC(n3cc(C(F)(F)F)c4cc(F)ccc43)C2)cn1. The molecule has 0 atom stereocenters. The van der Waals surface area contributed by atoms with Gasteiger partial charge in [-0.1, -0.05) is 0 Å². The molecule has 3 heterocycles. The molecule has 0 saturated carbocycles. The van der Waals surface area contributed by atoms with Gasteiger partial charge in [0.25, 0.3) is 0 Å². The molecule has 1 saturated heterocycles. The monoisotopic (exact) mass is 440 g/mol. The van der Waals surface area contributed by atoms with Crippen LogP contribution in [-0.4, -0.2) is 39.9 Å². The normalized spacial score (nSPS) is 14.6. The Kier molecular flexibility index (Phi) is 5.22. The molecule has 0 spiro atoms. The molecule has 158 valence electrons. The molecule has 0 bridgehead atoms. The molecule has 3 aromatic rings. The molecule has 1 aliphatic rings. The molecule has 6 nitrogen and oxygen atoms in total. The molecule has 1 amide bonds. The van der Waals surface area contributed by atoms with Gasteiger partial charge in [0, 0.05) is 48.2 Å². The number of hydrogen-bond acceptors (Lipinski definition) is 5. The van der Waals surface area contributed by atoms with E-state index in [4.69, 9.17) is 4.74 Å². The third kappa shape index (κ3) is 3.89. The average Bonchev–Trinajstić information content (AvgIpc) is 3.04. The lowest BCUT2D eigenvalue weighted by Gasteiger charge is -2.40. The predicted molar refractivity (Wildman–Crippen MR) is 105 cm³/mol. The number of ether oxygens (including phenoxy) is 1. The number of methoxy groups -OCH3 is 1. The lowest BCUT2D eigenvalue weighted by Crippen LogP contribution is -2.49. The van der Waals surface area contributed by atoms with Gasteiger partial charge in [0.2, 0.25) is 5.88 Å². The Morgan fingerprint density at radius 2 is 2.03 bits per heavy atom. The second-order valence-electron chi connectivity index (χ2n) is 6.73. The number of halogens is 4. The van der Waals surface area contributed by atoms with Crippen molar-refractivity contribution < 1.29 is 27.1 Å². The Hall–Kier alpha value is -2.95. The Morgan fingerprint density at radius 1 is 1.27 bits per heavy atom. The maximum atomic E-state index is 13.5. The first-order valence-corrected chi connectivity index (χ1v) is 9.67. The minimum atomic E-state index is -4.59. The van der Waals surface area contributed by atoms with E-state index in [0.29, 0.717) is 11.6 Å². The number of hydrogen-bond donors (Lipinski definition) is 1. The average molecular weight is 440 g/mol. The van der Waals surface area contributed by atoms with Gasteiger partial charge < -0.3 is 18.9 Å². The van der Waals surface area contributed by atoms with E-state index < -0.39 is 17.6 Å². The van der Waals surface area contributed by atoms with Crippen molar-refractivity contribution in [1.29, 1.82) is 0 Å². The van der Waals surface area contributed by atoms with Crippen molar-refractivity contribution in [2.75, 3.05) is 24.9 Å². The van der Waals surface area contributed by atoms with Crippen LogP contribution in [0.5, 0.6) is 5.88 Å². The van der Waals surface area contributed by atoms with Gasteiger partial charge in [-0.3, -0.25) is 4.79 Å². The zero-order valence-corrected chi connectivity index (χ0v) is 16.4. The number of amides is 1. The summed E-state index contributed by atoms with van der Waals surface area (Å²) in [5.41, 5.74) is 0.0141. The number of likely N-dealkylation sites (tertiary alicyclic amines) is 1. The number of carbonyl (C=O) groups is 1. The molecule has 1 aromatic carbocycles. The zero-order chi connectivity index (χ0) is 21.5. The van der Waals surface area contributed by atoms with E-state index in [9.17, 15) is 22.4 Å². The lowest BCUT2D eigenvalue weighted by molar-refractivity contribution is -0.136. The van der Waals surface area contributed by atoms with Gasteiger partial charge in [-0.2, -0.15) is 13.2 Å². The van der Waals surface area contributed by atoms with E-state index in [1.807, 2.05) is 0 Å². The van der Waals surface area contributed by atoms with Crippen LogP contribution in [0.15, 0.2) is 42.7 Å². The van der Waals surface area contributed by atoms with E-state index in [2.05, 4.69) is 9.71 Å². The van der Waals surface area contributed by atoms with Crippen LogP contribution in [-0.2, 0) is 6.18 Å². The van der Waals surface area contributed by atoms with E-state index in [-0.39, 0.29) is 35.3 Å². The Bertz CT molecular complexity index is 1080. The number of nitrogens with zero attached hydrogens (tertiary/aromatic N) is 3. The largest absolute Gasteiger partial charge is 0.481 e. The Morgan fingerprint density at radius 3 is 2.67 bits per heavy atom. The van der Waals surface area contributed by atoms with Crippen LogP contribution in [0, 0.1) is 5.82 Å². The Labute approximate surface area is 172 Å². The van der Waals surface area contributed by atoms with E-state index >= 15 is 0 Å². The summed E-state index contributed by atoms with van der Waals surface area (Å²) in [5.74, 6) is -0.286. The first kappa shape index (κ1) is 20.3. The van der Waals surface area contributed by atoms with E-state index in [1.165, 1.54) is 28.8 Å². The minimum Gasteiger partial charge on any atom is -0.481 e. The highest BCUT2D eigenvalue weighted by Gasteiger charge is 2.38. The van der Waals surface area contributed by atoms with Crippen molar-refractivity contribution in [3.05, 3.63) is 54.1 Å². The van der Waals surface area contributed by atoms with Crippen molar-refractivity contribution in [3.63, 3.8) is 0 Å². The number of rotatable bonds is 4. The fourth-order valence-electron chi connectivity index (χ4n) is 3.26. The van der Waals surface area contributed by atoms with Crippen LogP contribution in [0.4, 0.5) is 28.0 Å². The van der Waals surface area contributed by atoms with Gasteiger partial charge in [-0.25, -0.2) is 9.37 Å². The summed E-state index contributed by atoms with van der Waals surface area (Å²) in [7, 11) is 1.50. The molecule has 1 fully saturated rings. The lowest BCUT2D eigenvalue weighted by atomic mass is 10.1.